The molecule has 7 nitrogen and oxygen atoms in total. The van der Waals surface area contributed by atoms with Crippen LogP contribution in [0.25, 0.3) is 10.4 Å². The summed E-state index contributed by atoms with van der Waals surface area (Å²) in [5, 5.41) is 6.52. The third-order valence-electron chi connectivity index (χ3n) is 6.79. The number of amides is 2. The Morgan fingerprint density at radius 3 is 2.49 bits per heavy atom. The molecule has 1 unspecified atom stereocenters. The molecule has 2 fully saturated rings. The summed E-state index contributed by atoms with van der Waals surface area (Å²) >= 11 is 1.41. The van der Waals surface area contributed by atoms with Crippen molar-refractivity contribution < 1.29 is 19.1 Å². The molecule has 2 amide bonds. The van der Waals surface area contributed by atoms with Crippen LogP contribution in [0.3, 0.4) is 0 Å². The monoisotopic (exact) mass is 497 g/mol. The van der Waals surface area contributed by atoms with Crippen molar-refractivity contribution in [3.63, 3.8) is 0 Å². The van der Waals surface area contributed by atoms with Crippen molar-refractivity contribution in [2.24, 2.45) is 5.92 Å². The summed E-state index contributed by atoms with van der Waals surface area (Å²) in [7, 11) is 1.40. The molecular weight excluding hydrogens is 462 g/mol. The third kappa shape index (κ3) is 5.93. The highest BCUT2D eigenvalue weighted by Gasteiger charge is 2.45. The van der Waals surface area contributed by atoms with E-state index in [1.165, 1.54) is 18.4 Å². The van der Waals surface area contributed by atoms with E-state index in [4.69, 9.17) is 4.74 Å². The molecule has 188 valence electrons. The fraction of sp³-hybridized carbons (Fsp3) is 0.519. The predicted octanol–water partition coefficient (Wildman–Crippen LogP) is 3.84. The minimum Gasteiger partial charge on any atom is -0.469 e. The molecule has 0 spiro atoms. The topological polar surface area (TPSA) is 87.7 Å². The highest BCUT2D eigenvalue weighted by molar-refractivity contribution is 7.17. The standard InChI is InChI=1S/C27H35N3O4S/c1-27(2,3)29-18-10-11-21(19(16-18)26(33)34-4)30-15-14-20(25(30)32)28-24(31)23-13-12-22(35-23)17-8-6-5-7-9-17/h5-9,12-13,18-21,29H,10-11,14-16H2,1-4H3,(H,28,31)/t18-,19-,20?,21+/m1/s1. The Bertz CT molecular complexity index is 1060. The Balaban J connectivity index is 1.41. The third-order valence-corrected chi connectivity index (χ3v) is 7.92. The number of carbonyl (C=O) groups is 3. The number of benzene rings is 1. The van der Waals surface area contributed by atoms with Gasteiger partial charge >= 0.3 is 5.97 Å². The second-order valence-electron chi connectivity index (χ2n) is 10.5. The molecule has 1 saturated carbocycles. The Hall–Kier alpha value is -2.71. The minimum absolute atomic E-state index is 0.0564. The van der Waals surface area contributed by atoms with Crippen LogP contribution in [0.15, 0.2) is 42.5 Å². The van der Waals surface area contributed by atoms with E-state index in [2.05, 4.69) is 31.4 Å². The first-order valence-electron chi connectivity index (χ1n) is 12.3. The molecule has 8 heteroatoms. The van der Waals surface area contributed by atoms with Crippen LogP contribution in [0, 0.1) is 5.92 Å². The van der Waals surface area contributed by atoms with Gasteiger partial charge in [0.2, 0.25) is 5.91 Å². The van der Waals surface area contributed by atoms with E-state index in [-0.39, 0.29) is 41.3 Å². The van der Waals surface area contributed by atoms with Crippen molar-refractivity contribution in [1.82, 2.24) is 15.5 Å². The van der Waals surface area contributed by atoms with Crippen LogP contribution in [-0.2, 0) is 14.3 Å². The van der Waals surface area contributed by atoms with Gasteiger partial charge in [-0.2, -0.15) is 0 Å². The second kappa shape index (κ2) is 10.5. The van der Waals surface area contributed by atoms with Gasteiger partial charge in [-0.05, 0) is 64.2 Å². The van der Waals surface area contributed by atoms with Gasteiger partial charge < -0.3 is 20.3 Å². The summed E-state index contributed by atoms with van der Waals surface area (Å²) < 4.78 is 5.11. The van der Waals surface area contributed by atoms with Gasteiger partial charge in [0.1, 0.15) is 6.04 Å². The normalized spacial score (nSPS) is 24.9. The van der Waals surface area contributed by atoms with E-state index in [9.17, 15) is 14.4 Å². The van der Waals surface area contributed by atoms with E-state index < -0.39 is 6.04 Å². The lowest BCUT2D eigenvalue weighted by Gasteiger charge is -2.41. The zero-order chi connectivity index (χ0) is 25.2. The molecule has 2 heterocycles. The predicted molar refractivity (Wildman–Crippen MR) is 137 cm³/mol. The van der Waals surface area contributed by atoms with Gasteiger partial charge in [0.15, 0.2) is 0 Å². The van der Waals surface area contributed by atoms with Crippen molar-refractivity contribution in [1.29, 1.82) is 0 Å². The van der Waals surface area contributed by atoms with Crippen LogP contribution in [0.2, 0.25) is 0 Å². The average molecular weight is 498 g/mol. The van der Waals surface area contributed by atoms with Gasteiger partial charge in [-0.25, -0.2) is 0 Å². The molecule has 4 atom stereocenters. The average Bonchev–Trinajstić information content (AvgIpc) is 3.46. The van der Waals surface area contributed by atoms with E-state index >= 15 is 0 Å². The molecule has 2 aliphatic rings. The number of rotatable bonds is 6. The maximum Gasteiger partial charge on any atom is 0.310 e. The van der Waals surface area contributed by atoms with Gasteiger partial charge in [0, 0.05) is 29.0 Å². The number of hydrogen-bond acceptors (Lipinski definition) is 6. The van der Waals surface area contributed by atoms with Crippen molar-refractivity contribution in [2.45, 2.75) is 70.1 Å². The van der Waals surface area contributed by atoms with Crippen molar-refractivity contribution in [3.05, 3.63) is 47.3 Å². The van der Waals surface area contributed by atoms with Gasteiger partial charge in [-0.1, -0.05) is 30.3 Å². The van der Waals surface area contributed by atoms with E-state index in [1.807, 2.05) is 36.4 Å². The molecule has 1 aromatic carbocycles. The number of thiophene rings is 1. The molecule has 4 rings (SSSR count). The Morgan fingerprint density at radius 2 is 1.80 bits per heavy atom. The highest BCUT2D eigenvalue weighted by Crippen LogP contribution is 2.34. The number of esters is 1. The van der Waals surface area contributed by atoms with Crippen LogP contribution in [0.5, 0.6) is 0 Å². The van der Waals surface area contributed by atoms with Crippen LogP contribution in [0.4, 0.5) is 0 Å². The largest absolute Gasteiger partial charge is 0.469 e. The van der Waals surface area contributed by atoms with Gasteiger partial charge in [-0.15, -0.1) is 11.3 Å². The summed E-state index contributed by atoms with van der Waals surface area (Å²) in [6, 6.07) is 13.1. The van der Waals surface area contributed by atoms with E-state index in [1.54, 1.807) is 11.0 Å². The summed E-state index contributed by atoms with van der Waals surface area (Å²) in [5.41, 5.74) is 1.00. The Kier molecular flexibility index (Phi) is 7.62. The fourth-order valence-corrected chi connectivity index (χ4v) is 6.20. The molecule has 0 radical (unpaired) electrons. The number of hydrogen-bond donors (Lipinski definition) is 2. The molecule has 1 aliphatic heterocycles. The van der Waals surface area contributed by atoms with Gasteiger partial charge in [0.05, 0.1) is 17.9 Å². The van der Waals surface area contributed by atoms with Crippen molar-refractivity contribution in [2.75, 3.05) is 13.7 Å². The number of nitrogens with one attached hydrogen (secondary N) is 2. The number of methoxy groups -OCH3 is 1. The lowest BCUT2D eigenvalue weighted by atomic mass is 9.80. The first kappa shape index (κ1) is 25.4. The lowest BCUT2D eigenvalue weighted by Crippen LogP contribution is -2.55. The zero-order valence-corrected chi connectivity index (χ0v) is 21.7. The minimum atomic E-state index is -0.575. The molecule has 0 bridgehead atoms. The molecule has 2 N–H and O–H groups in total. The molecule has 1 saturated heterocycles. The maximum atomic E-state index is 13.3. The van der Waals surface area contributed by atoms with Crippen LogP contribution in [0.1, 0.15) is 56.1 Å². The van der Waals surface area contributed by atoms with Crippen molar-refractivity contribution in [3.8, 4) is 10.4 Å². The summed E-state index contributed by atoms with van der Waals surface area (Å²) in [6.45, 7) is 6.86. The fourth-order valence-electron chi connectivity index (χ4n) is 5.29. The zero-order valence-electron chi connectivity index (χ0n) is 20.9. The highest BCUT2D eigenvalue weighted by atomic mass is 32.1. The van der Waals surface area contributed by atoms with Crippen LogP contribution in [-0.4, -0.2) is 60.0 Å². The first-order valence-corrected chi connectivity index (χ1v) is 13.1. The smallest absolute Gasteiger partial charge is 0.310 e. The number of nitrogens with zero attached hydrogens (tertiary/aromatic N) is 1. The second-order valence-corrected chi connectivity index (χ2v) is 11.6. The lowest BCUT2D eigenvalue weighted by molar-refractivity contribution is -0.151. The van der Waals surface area contributed by atoms with Crippen molar-refractivity contribution >= 4 is 29.1 Å². The van der Waals surface area contributed by atoms with Crippen LogP contribution >= 0.6 is 11.3 Å². The molecule has 2 aromatic rings. The first-order chi connectivity index (χ1) is 16.7. The SMILES string of the molecule is COC(=O)[C@@H]1C[C@H](NC(C)(C)C)CC[C@@H]1N1CCC(NC(=O)c2ccc(-c3ccccc3)s2)C1=O. The summed E-state index contributed by atoms with van der Waals surface area (Å²) in [4.78, 5) is 42.3. The van der Waals surface area contributed by atoms with E-state index in [0.29, 0.717) is 24.3 Å². The number of ether oxygens (including phenoxy) is 1. The van der Waals surface area contributed by atoms with Crippen LogP contribution < -0.4 is 10.6 Å². The molecule has 1 aliphatic carbocycles. The summed E-state index contributed by atoms with van der Waals surface area (Å²) in [6.07, 6.45) is 2.78. The Labute approximate surface area is 211 Å². The summed E-state index contributed by atoms with van der Waals surface area (Å²) in [5.74, 6) is -1.00. The van der Waals surface area contributed by atoms with Gasteiger partial charge in [-0.3, -0.25) is 14.4 Å². The van der Waals surface area contributed by atoms with Gasteiger partial charge in [0.25, 0.3) is 5.91 Å². The molecule has 1 aromatic heterocycles. The molecular formula is C27H35N3O4S. The molecule has 35 heavy (non-hydrogen) atoms. The number of carbonyl (C=O) groups excluding carboxylic acids is 3. The maximum absolute atomic E-state index is 13.3. The van der Waals surface area contributed by atoms with E-state index in [0.717, 1.165) is 23.3 Å². The number of likely N-dealkylation sites (tertiary alicyclic amines) is 1. The quantitative estimate of drug-likeness (QED) is 0.592. The Morgan fingerprint density at radius 1 is 1.06 bits per heavy atom.